The number of carbonyl (C=O) groups is 2. The Labute approximate surface area is 191 Å². The number of fused-ring (bicyclic) bond motifs is 1. The van der Waals surface area contributed by atoms with Crippen molar-refractivity contribution in [3.8, 4) is 5.69 Å². The maximum atomic E-state index is 13.1. The Hall–Kier alpha value is -3.43. The summed E-state index contributed by atoms with van der Waals surface area (Å²) in [7, 11) is 0. The van der Waals surface area contributed by atoms with Gasteiger partial charge >= 0.3 is 5.97 Å². The van der Waals surface area contributed by atoms with Gasteiger partial charge < -0.3 is 10.4 Å². The molecule has 4 aromatic rings. The summed E-state index contributed by atoms with van der Waals surface area (Å²) in [4.78, 5) is 41.8. The van der Waals surface area contributed by atoms with Gasteiger partial charge in [-0.1, -0.05) is 41.6 Å². The minimum Gasteiger partial charge on any atom is -0.478 e. The third-order valence-corrected chi connectivity index (χ3v) is 6.53. The van der Waals surface area contributed by atoms with Crippen LogP contribution in [0.3, 0.4) is 0 Å². The number of aryl methyl sites for hydroxylation is 1. The normalized spacial score (nSPS) is 10.9. The van der Waals surface area contributed by atoms with Crippen LogP contribution in [-0.4, -0.2) is 32.3 Å². The van der Waals surface area contributed by atoms with Gasteiger partial charge in [-0.3, -0.25) is 14.2 Å². The molecule has 0 aliphatic carbocycles. The van der Waals surface area contributed by atoms with Crippen molar-refractivity contribution in [1.82, 2.24) is 14.9 Å². The molecule has 2 heterocycles. The van der Waals surface area contributed by atoms with E-state index >= 15 is 0 Å². The van der Waals surface area contributed by atoms with Crippen molar-refractivity contribution in [3.63, 3.8) is 0 Å². The second-order valence-electron chi connectivity index (χ2n) is 7.08. The number of hydrogen-bond acceptors (Lipinski definition) is 6. The first-order valence-corrected chi connectivity index (χ1v) is 11.6. The highest BCUT2D eigenvalue weighted by atomic mass is 32.2. The summed E-state index contributed by atoms with van der Waals surface area (Å²) in [6.45, 7) is 2.42. The minimum absolute atomic E-state index is 0.0857. The van der Waals surface area contributed by atoms with Crippen LogP contribution in [-0.2, 0) is 11.3 Å². The smallest absolute Gasteiger partial charge is 0.335 e. The lowest BCUT2D eigenvalue weighted by molar-refractivity contribution is -0.118. The van der Waals surface area contributed by atoms with Crippen LogP contribution in [0.25, 0.3) is 15.9 Å². The molecule has 0 fully saturated rings. The van der Waals surface area contributed by atoms with Crippen LogP contribution < -0.4 is 10.9 Å². The first kappa shape index (κ1) is 21.8. The van der Waals surface area contributed by atoms with Gasteiger partial charge in [-0.05, 0) is 48.2 Å². The van der Waals surface area contributed by atoms with Gasteiger partial charge in [0.2, 0.25) is 5.91 Å². The average molecular weight is 466 g/mol. The number of hydrogen-bond donors (Lipinski definition) is 2. The van der Waals surface area contributed by atoms with Crippen molar-refractivity contribution >= 4 is 45.2 Å². The Morgan fingerprint density at radius 3 is 2.50 bits per heavy atom. The van der Waals surface area contributed by atoms with Crippen molar-refractivity contribution in [2.24, 2.45) is 0 Å². The van der Waals surface area contributed by atoms with E-state index in [2.05, 4.69) is 10.3 Å². The summed E-state index contributed by atoms with van der Waals surface area (Å²) in [6.07, 6.45) is 0. The molecule has 0 spiro atoms. The Morgan fingerprint density at radius 1 is 1.09 bits per heavy atom. The molecule has 32 heavy (non-hydrogen) atoms. The molecule has 0 saturated heterocycles. The van der Waals surface area contributed by atoms with E-state index in [1.54, 1.807) is 23.6 Å². The number of thiophene rings is 1. The molecule has 0 aliphatic heterocycles. The van der Waals surface area contributed by atoms with Crippen LogP contribution in [0.2, 0.25) is 0 Å². The molecule has 0 unspecified atom stereocenters. The number of nitrogens with zero attached hydrogens (tertiary/aromatic N) is 2. The number of aromatic nitrogens is 2. The van der Waals surface area contributed by atoms with Crippen LogP contribution in [0.1, 0.15) is 21.5 Å². The van der Waals surface area contributed by atoms with E-state index in [0.29, 0.717) is 27.6 Å². The number of thioether (sulfide) groups is 1. The van der Waals surface area contributed by atoms with E-state index < -0.39 is 5.97 Å². The number of benzene rings is 2. The molecule has 4 rings (SSSR count). The van der Waals surface area contributed by atoms with Crippen molar-refractivity contribution in [1.29, 1.82) is 0 Å². The molecule has 0 atom stereocenters. The predicted octanol–water partition coefficient (Wildman–Crippen LogP) is 3.86. The van der Waals surface area contributed by atoms with E-state index in [0.717, 1.165) is 22.9 Å². The Kier molecular flexibility index (Phi) is 6.38. The molecule has 9 heteroatoms. The monoisotopic (exact) mass is 465 g/mol. The SMILES string of the molecule is Cc1ccc(CNC(=O)CSc2nc3sccc3c(=O)n2-c2ccc(C(=O)O)cc2)cc1. The van der Waals surface area contributed by atoms with E-state index in [-0.39, 0.29) is 22.8 Å². The topological polar surface area (TPSA) is 101 Å². The van der Waals surface area contributed by atoms with Gasteiger partial charge in [0, 0.05) is 6.54 Å². The molecule has 1 amide bonds. The molecular formula is C23H19N3O4S2. The molecule has 2 aromatic heterocycles. The number of amides is 1. The lowest BCUT2D eigenvalue weighted by Crippen LogP contribution is -2.26. The number of carboxylic acids is 1. The quantitative estimate of drug-likeness (QED) is 0.317. The maximum Gasteiger partial charge on any atom is 0.335 e. The minimum atomic E-state index is -1.05. The molecule has 7 nitrogen and oxygen atoms in total. The fraction of sp³-hybridized carbons (Fsp3) is 0.130. The van der Waals surface area contributed by atoms with E-state index in [4.69, 9.17) is 5.11 Å². The van der Waals surface area contributed by atoms with Crippen LogP contribution >= 0.6 is 23.1 Å². The van der Waals surface area contributed by atoms with Crippen LogP contribution in [0.5, 0.6) is 0 Å². The second kappa shape index (κ2) is 9.37. The zero-order chi connectivity index (χ0) is 22.7. The molecule has 2 aromatic carbocycles. The van der Waals surface area contributed by atoms with Gasteiger partial charge in [-0.2, -0.15) is 0 Å². The van der Waals surface area contributed by atoms with Crippen LogP contribution in [0, 0.1) is 6.92 Å². The zero-order valence-electron chi connectivity index (χ0n) is 17.1. The lowest BCUT2D eigenvalue weighted by atomic mass is 10.1. The first-order valence-electron chi connectivity index (χ1n) is 9.71. The highest BCUT2D eigenvalue weighted by Gasteiger charge is 2.16. The van der Waals surface area contributed by atoms with Gasteiger partial charge in [0.05, 0.1) is 22.4 Å². The van der Waals surface area contributed by atoms with Gasteiger partial charge in [0.25, 0.3) is 5.56 Å². The summed E-state index contributed by atoms with van der Waals surface area (Å²) in [6, 6.07) is 15.6. The molecular weight excluding hydrogens is 446 g/mol. The second-order valence-corrected chi connectivity index (χ2v) is 8.91. The summed E-state index contributed by atoms with van der Waals surface area (Å²) in [5, 5.41) is 14.7. The van der Waals surface area contributed by atoms with Gasteiger partial charge in [0.15, 0.2) is 5.16 Å². The largest absolute Gasteiger partial charge is 0.478 e. The lowest BCUT2D eigenvalue weighted by Gasteiger charge is -2.12. The maximum absolute atomic E-state index is 13.1. The Morgan fingerprint density at radius 2 is 1.81 bits per heavy atom. The zero-order valence-corrected chi connectivity index (χ0v) is 18.7. The van der Waals surface area contributed by atoms with Crippen LogP contribution in [0.15, 0.2) is 69.9 Å². The van der Waals surface area contributed by atoms with Crippen molar-refractivity contribution < 1.29 is 14.7 Å². The molecule has 0 radical (unpaired) electrons. The van der Waals surface area contributed by atoms with Crippen molar-refractivity contribution in [3.05, 3.63) is 87.0 Å². The van der Waals surface area contributed by atoms with E-state index in [9.17, 15) is 14.4 Å². The molecule has 0 aliphatic rings. The highest BCUT2D eigenvalue weighted by Crippen LogP contribution is 2.24. The molecule has 2 N–H and O–H groups in total. The Bertz CT molecular complexity index is 1340. The van der Waals surface area contributed by atoms with Crippen molar-refractivity contribution in [2.45, 2.75) is 18.6 Å². The molecule has 162 valence electrons. The standard InChI is InChI=1S/C23H19N3O4S2/c1-14-2-4-15(5-3-14)12-24-19(27)13-32-23-25-20-18(10-11-31-20)21(28)26(23)17-8-6-16(7-9-17)22(29)30/h2-11H,12-13H2,1H3,(H,24,27)(H,29,30). The molecule has 0 saturated carbocycles. The highest BCUT2D eigenvalue weighted by molar-refractivity contribution is 7.99. The predicted molar refractivity (Wildman–Crippen MR) is 126 cm³/mol. The third-order valence-electron chi connectivity index (χ3n) is 4.78. The fourth-order valence-corrected chi connectivity index (χ4v) is 4.71. The summed E-state index contributed by atoms with van der Waals surface area (Å²) >= 11 is 2.51. The van der Waals surface area contributed by atoms with E-state index in [1.165, 1.54) is 28.0 Å². The van der Waals surface area contributed by atoms with Gasteiger partial charge in [0.1, 0.15) is 4.83 Å². The molecule has 0 bridgehead atoms. The number of carboxylic acid groups (broad SMARTS) is 1. The fourth-order valence-electron chi connectivity index (χ4n) is 3.06. The van der Waals surface area contributed by atoms with Crippen LogP contribution in [0.4, 0.5) is 0 Å². The first-order chi connectivity index (χ1) is 15.4. The van der Waals surface area contributed by atoms with Crippen molar-refractivity contribution in [2.75, 3.05) is 5.75 Å². The summed E-state index contributed by atoms with van der Waals surface area (Å²) in [5.74, 6) is -1.14. The van der Waals surface area contributed by atoms with Gasteiger partial charge in [-0.25, -0.2) is 9.78 Å². The summed E-state index contributed by atoms with van der Waals surface area (Å²) < 4.78 is 1.42. The number of rotatable bonds is 7. The third kappa shape index (κ3) is 4.74. The summed E-state index contributed by atoms with van der Waals surface area (Å²) in [5.41, 5.74) is 2.50. The van der Waals surface area contributed by atoms with E-state index in [1.807, 2.05) is 31.2 Å². The Balaban J connectivity index is 1.56. The average Bonchev–Trinajstić information content (AvgIpc) is 3.26. The van der Waals surface area contributed by atoms with Gasteiger partial charge in [-0.15, -0.1) is 11.3 Å². The number of nitrogens with one attached hydrogen (secondary N) is 1. The number of carbonyl (C=O) groups excluding carboxylic acids is 1. The number of aromatic carboxylic acids is 1.